The molecule has 1 fully saturated rings. The van der Waals surface area contributed by atoms with E-state index in [1.54, 1.807) is 18.2 Å². The summed E-state index contributed by atoms with van der Waals surface area (Å²) in [6, 6.07) is 13.0. The van der Waals surface area contributed by atoms with E-state index >= 15 is 0 Å². The Morgan fingerprint density at radius 3 is 2.54 bits per heavy atom. The fraction of sp³-hybridized carbons (Fsp3) is 0.250. The fourth-order valence-electron chi connectivity index (χ4n) is 2.65. The SMILES string of the molecule is O=C(NCC#Cc1cccc(Cl)c1)c1ccc(S(=O)(=O)N2CCOCC2)cc1. The maximum Gasteiger partial charge on any atom is 0.252 e. The highest BCUT2D eigenvalue weighted by atomic mass is 35.5. The van der Waals surface area contributed by atoms with Crippen molar-refractivity contribution in [3.05, 3.63) is 64.7 Å². The van der Waals surface area contributed by atoms with E-state index in [2.05, 4.69) is 17.2 Å². The zero-order valence-corrected chi connectivity index (χ0v) is 16.6. The number of morpholine rings is 1. The number of carbonyl (C=O) groups excluding carboxylic acids is 1. The molecular formula is C20H19ClN2O4S. The maximum atomic E-state index is 12.6. The second kappa shape index (κ2) is 9.22. The number of benzene rings is 2. The van der Waals surface area contributed by atoms with Crippen molar-refractivity contribution in [2.75, 3.05) is 32.8 Å². The third-order valence-corrected chi connectivity index (χ3v) is 6.27. The number of ether oxygens (including phenoxy) is 1. The Labute approximate surface area is 169 Å². The number of nitrogens with one attached hydrogen (secondary N) is 1. The summed E-state index contributed by atoms with van der Waals surface area (Å²) < 4.78 is 31.7. The first kappa shape index (κ1) is 20.4. The number of sulfonamides is 1. The molecule has 8 heteroatoms. The standard InChI is InChI=1S/C20H19ClN2O4S/c21-18-5-1-3-16(15-18)4-2-10-22-20(24)17-6-8-19(9-7-17)28(25,26)23-11-13-27-14-12-23/h1,3,5-9,15H,10-14H2,(H,22,24). The van der Waals surface area contributed by atoms with Gasteiger partial charge in [0.1, 0.15) is 0 Å². The van der Waals surface area contributed by atoms with Crippen molar-refractivity contribution < 1.29 is 17.9 Å². The third-order valence-electron chi connectivity index (χ3n) is 4.12. The number of carbonyl (C=O) groups is 1. The molecule has 146 valence electrons. The number of rotatable bonds is 4. The summed E-state index contributed by atoms with van der Waals surface area (Å²) in [6.07, 6.45) is 0. The summed E-state index contributed by atoms with van der Waals surface area (Å²) in [7, 11) is -3.57. The van der Waals surface area contributed by atoms with Crippen LogP contribution in [0.2, 0.25) is 5.02 Å². The smallest absolute Gasteiger partial charge is 0.252 e. The van der Waals surface area contributed by atoms with E-state index in [1.165, 1.54) is 28.6 Å². The summed E-state index contributed by atoms with van der Waals surface area (Å²) in [4.78, 5) is 12.4. The van der Waals surface area contributed by atoms with Crippen LogP contribution < -0.4 is 5.32 Å². The summed E-state index contributed by atoms with van der Waals surface area (Å²) in [5.41, 5.74) is 1.13. The number of hydrogen-bond donors (Lipinski definition) is 1. The van der Waals surface area contributed by atoms with Crippen LogP contribution in [0.1, 0.15) is 15.9 Å². The van der Waals surface area contributed by atoms with Gasteiger partial charge in [0.25, 0.3) is 5.91 Å². The van der Waals surface area contributed by atoms with Crippen LogP contribution in [0.5, 0.6) is 0 Å². The lowest BCUT2D eigenvalue weighted by molar-refractivity contribution is 0.0730. The molecule has 0 radical (unpaired) electrons. The van der Waals surface area contributed by atoms with Crippen molar-refractivity contribution in [3.63, 3.8) is 0 Å². The molecule has 6 nitrogen and oxygen atoms in total. The summed E-state index contributed by atoms with van der Waals surface area (Å²) in [6.45, 7) is 1.59. The maximum absolute atomic E-state index is 12.6. The molecule has 1 saturated heterocycles. The van der Waals surface area contributed by atoms with Gasteiger partial charge in [-0.1, -0.05) is 29.5 Å². The van der Waals surface area contributed by atoms with E-state index in [4.69, 9.17) is 16.3 Å². The van der Waals surface area contributed by atoms with Gasteiger partial charge in [0.15, 0.2) is 0 Å². The van der Waals surface area contributed by atoms with Crippen molar-refractivity contribution in [2.24, 2.45) is 0 Å². The van der Waals surface area contributed by atoms with Crippen LogP contribution in [-0.4, -0.2) is 51.5 Å². The second-order valence-electron chi connectivity index (χ2n) is 6.04. The Morgan fingerprint density at radius 1 is 1.14 bits per heavy atom. The number of halogens is 1. The van der Waals surface area contributed by atoms with Gasteiger partial charge in [-0.3, -0.25) is 4.79 Å². The highest BCUT2D eigenvalue weighted by Crippen LogP contribution is 2.17. The molecule has 0 bridgehead atoms. The second-order valence-corrected chi connectivity index (χ2v) is 8.41. The van der Waals surface area contributed by atoms with Crippen LogP contribution in [0.3, 0.4) is 0 Å². The van der Waals surface area contributed by atoms with Crippen molar-refractivity contribution in [1.29, 1.82) is 0 Å². The molecule has 1 aliphatic rings. The monoisotopic (exact) mass is 418 g/mol. The molecule has 0 aromatic heterocycles. The van der Waals surface area contributed by atoms with Crippen LogP contribution in [0.25, 0.3) is 0 Å². The molecule has 28 heavy (non-hydrogen) atoms. The molecule has 0 saturated carbocycles. The molecule has 0 aliphatic carbocycles. The molecule has 1 N–H and O–H groups in total. The Morgan fingerprint density at radius 2 is 1.86 bits per heavy atom. The molecule has 3 rings (SSSR count). The lowest BCUT2D eigenvalue weighted by atomic mass is 10.2. The minimum atomic E-state index is -3.57. The number of hydrogen-bond acceptors (Lipinski definition) is 4. The van der Waals surface area contributed by atoms with Gasteiger partial charge in [-0.2, -0.15) is 4.31 Å². The van der Waals surface area contributed by atoms with Gasteiger partial charge in [0.05, 0.1) is 24.7 Å². The zero-order chi connectivity index (χ0) is 20.0. The van der Waals surface area contributed by atoms with E-state index < -0.39 is 10.0 Å². The Kier molecular flexibility index (Phi) is 6.70. The van der Waals surface area contributed by atoms with E-state index in [9.17, 15) is 13.2 Å². The van der Waals surface area contributed by atoms with Gasteiger partial charge in [0, 0.05) is 29.2 Å². The lowest BCUT2D eigenvalue weighted by Crippen LogP contribution is -2.40. The molecule has 0 unspecified atom stereocenters. The van der Waals surface area contributed by atoms with Gasteiger partial charge in [-0.05, 0) is 42.5 Å². The lowest BCUT2D eigenvalue weighted by Gasteiger charge is -2.26. The summed E-state index contributed by atoms with van der Waals surface area (Å²) in [5.74, 6) is 5.44. The van der Waals surface area contributed by atoms with Crippen molar-refractivity contribution in [2.45, 2.75) is 4.90 Å². The minimum absolute atomic E-state index is 0.159. The van der Waals surface area contributed by atoms with Crippen molar-refractivity contribution in [1.82, 2.24) is 9.62 Å². The van der Waals surface area contributed by atoms with Crippen LogP contribution in [0.4, 0.5) is 0 Å². The average molecular weight is 419 g/mol. The van der Waals surface area contributed by atoms with Gasteiger partial charge in [-0.15, -0.1) is 0 Å². The molecule has 2 aromatic carbocycles. The molecule has 1 aliphatic heterocycles. The number of nitrogens with zero attached hydrogens (tertiary/aromatic N) is 1. The molecule has 2 aromatic rings. The first-order chi connectivity index (χ1) is 13.5. The van der Waals surface area contributed by atoms with E-state index in [-0.39, 0.29) is 17.3 Å². The van der Waals surface area contributed by atoms with E-state index in [0.29, 0.717) is 36.9 Å². The largest absolute Gasteiger partial charge is 0.379 e. The Hall–Kier alpha value is -2.37. The van der Waals surface area contributed by atoms with Gasteiger partial charge < -0.3 is 10.1 Å². The normalized spacial score (nSPS) is 14.8. The van der Waals surface area contributed by atoms with Crippen LogP contribution in [0, 0.1) is 11.8 Å². The van der Waals surface area contributed by atoms with Gasteiger partial charge in [0.2, 0.25) is 10.0 Å². The molecule has 0 atom stereocenters. The first-order valence-corrected chi connectivity index (χ1v) is 10.5. The van der Waals surface area contributed by atoms with E-state index in [0.717, 1.165) is 5.56 Å². The Bertz CT molecular complexity index is 1000. The highest BCUT2D eigenvalue weighted by Gasteiger charge is 2.26. The van der Waals surface area contributed by atoms with Crippen LogP contribution in [-0.2, 0) is 14.8 Å². The minimum Gasteiger partial charge on any atom is -0.379 e. The van der Waals surface area contributed by atoms with E-state index in [1.807, 2.05) is 6.07 Å². The summed E-state index contributed by atoms with van der Waals surface area (Å²) in [5, 5.41) is 3.28. The zero-order valence-electron chi connectivity index (χ0n) is 15.0. The predicted molar refractivity (Wildman–Crippen MR) is 107 cm³/mol. The highest BCUT2D eigenvalue weighted by molar-refractivity contribution is 7.89. The molecular weight excluding hydrogens is 400 g/mol. The quantitative estimate of drug-likeness (QED) is 0.772. The first-order valence-electron chi connectivity index (χ1n) is 8.67. The molecule has 0 spiro atoms. The van der Waals surface area contributed by atoms with Crippen LogP contribution in [0.15, 0.2) is 53.4 Å². The molecule has 1 amide bonds. The number of amides is 1. The third kappa shape index (κ3) is 5.12. The fourth-order valence-corrected chi connectivity index (χ4v) is 4.25. The van der Waals surface area contributed by atoms with Crippen molar-refractivity contribution in [3.8, 4) is 11.8 Å². The van der Waals surface area contributed by atoms with Gasteiger partial charge >= 0.3 is 0 Å². The van der Waals surface area contributed by atoms with Crippen LogP contribution >= 0.6 is 11.6 Å². The topological polar surface area (TPSA) is 75.7 Å². The van der Waals surface area contributed by atoms with Gasteiger partial charge in [-0.25, -0.2) is 8.42 Å². The van der Waals surface area contributed by atoms with Crippen molar-refractivity contribution >= 4 is 27.5 Å². The summed E-state index contributed by atoms with van der Waals surface area (Å²) >= 11 is 5.89. The predicted octanol–water partition coefficient (Wildman–Crippen LogP) is 2.14. The Balaban J connectivity index is 1.59. The molecule has 1 heterocycles. The average Bonchev–Trinajstić information content (AvgIpc) is 2.72.